The lowest BCUT2D eigenvalue weighted by Gasteiger charge is -2.36. The molecular weight excluding hydrogens is 376 g/mol. The van der Waals surface area contributed by atoms with Crippen LogP contribution in [0.2, 0.25) is 0 Å². The highest BCUT2D eigenvalue weighted by Crippen LogP contribution is 2.49. The zero-order valence-electron chi connectivity index (χ0n) is 18.6. The van der Waals surface area contributed by atoms with E-state index in [0.717, 1.165) is 74.4 Å². The molecule has 1 fully saturated rings. The van der Waals surface area contributed by atoms with E-state index in [1.165, 1.54) is 5.56 Å². The first-order valence-corrected chi connectivity index (χ1v) is 11.3. The van der Waals surface area contributed by atoms with Gasteiger partial charge in [0.15, 0.2) is 0 Å². The molecule has 2 heterocycles. The minimum atomic E-state index is -0.456. The molecule has 5 nitrogen and oxygen atoms in total. The van der Waals surface area contributed by atoms with Crippen LogP contribution in [0.5, 0.6) is 0 Å². The van der Waals surface area contributed by atoms with Crippen molar-refractivity contribution < 1.29 is 14.3 Å². The molecule has 2 unspecified atom stereocenters. The largest absolute Gasteiger partial charge is 0.488 e. The van der Waals surface area contributed by atoms with E-state index in [9.17, 15) is 9.59 Å². The van der Waals surface area contributed by atoms with Crippen LogP contribution in [-0.2, 0) is 21.4 Å². The second-order valence-electron chi connectivity index (χ2n) is 10.2. The molecule has 30 heavy (non-hydrogen) atoms. The van der Waals surface area contributed by atoms with Gasteiger partial charge in [-0.15, -0.1) is 0 Å². The first kappa shape index (κ1) is 20.0. The zero-order valence-corrected chi connectivity index (χ0v) is 18.6. The third-order valence-electron chi connectivity index (χ3n) is 7.78. The molecule has 0 aromatic heterocycles. The van der Waals surface area contributed by atoms with Gasteiger partial charge in [-0.25, -0.2) is 0 Å². The normalized spacial score (nSPS) is 28.8. The summed E-state index contributed by atoms with van der Waals surface area (Å²) in [6, 6.07) is 4.25. The predicted molar refractivity (Wildman–Crippen MR) is 116 cm³/mol. The number of hydrogen-bond acceptors (Lipinski definition) is 5. The number of Topliss-reactive ketones (excluding diaryl/α,β-unsaturated/α-hetero) is 2. The molecule has 0 radical (unpaired) electrons. The summed E-state index contributed by atoms with van der Waals surface area (Å²) in [7, 11) is 2.14. The summed E-state index contributed by atoms with van der Waals surface area (Å²) in [5.74, 6) is -0.150. The van der Waals surface area contributed by atoms with E-state index in [4.69, 9.17) is 4.74 Å². The van der Waals surface area contributed by atoms with Crippen LogP contribution in [0.4, 0.5) is 0 Å². The van der Waals surface area contributed by atoms with E-state index in [-0.39, 0.29) is 23.1 Å². The smallest absolute Gasteiger partial charge is 0.230 e. The van der Waals surface area contributed by atoms with Crippen LogP contribution < -0.4 is 0 Å². The van der Waals surface area contributed by atoms with E-state index in [0.29, 0.717) is 5.56 Å². The van der Waals surface area contributed by atoms with E-state index in [2.05, 4.69) is 42.8 Å². The molecule has 2 aliphatic heterocycles. The van der Waals surface area contributed by atoms with Gasteiger partial charge in [0.2, 0.25) is 11.6 Å². The SMILES string of the molecule is CC1=C(CN2CCN(C)CC2)OC2c3ccc4c(c3C(=O)C(=O)C12)CCCC4(C)C. The highest BCUT2D eigenvalue weighted by molar-refractivity contribution is 6.46. The van der Waals surface area contributed by atoms with Crippen LogP contribution in [0.25, 0.3) is 0 Å². The van der Waals surface area contributed by atoms with Crippen molar-refractivity contribution in [2.24, 2.45) is 5.92 Å². The van der Waals surface area contributed by atoms with Crippen LogP contribution >= 0.6 is 0 Å². The van der Waals surface area contributed by atoms with E-state index >= 15 is 0 Å². The van der Waals surface area contributed by atoms with Crippen molar-refractivity contribution in [3.05, 3.63) is 45.7 Å². The van der Waals surface area contributed by atoms with Crippen molar-refractivity contribution in [1.82, 2.24) is 9.80 Å². The van der Waals surface area contributed by atoms with Gasteiger partial charge in [-0.1, -0.05) is 26.0 Å². The number of nitrogens with zero attached hydrogens (tertiary/aromatic N) is 2. The Bertz CT molecular complexity index is 953. The molecule has 1 aromatic carbocycles. The highest BCUT2D eigenvalue weighted by Gasteiger charge is 2.50. The Labute approximate surface area is 179 Å². The van der Waals surface area contributed by atoms with Gasteiger partial charge >= 0.3 is 0 Å². The van der Waals surface area contributed by atoms with Crippen LogP contribution in [0, 0.1) is 5.92 Å². The molecule has 0 spiro atoms. The first-order chi connectivity index (χ1) is 14.3. The van der Waals surface area contributed by atoms with Crippen molar-refractivity contribution in [2.45, 2.75) is 51.6 Å². The number of ether oxygens (including phenoxy) is 1. The Hall–Kier alpha value is -1.98. The predicted octanol–water partition coefficient (Wildman–Crippen LogP) is 3.27. The Kier molecular flexibility index (Phi) is 4.67. The molecule has 1 aromatic rings. The number of hydrogen-bond donors (Lipinski definition) is 0. The van der Waals surface area contributed by atoms with Gasteiger partial charge in [-0.05, 0) is 55.3 Å². The van der Waals surface area contributed by atoms with E-state index in [1.807, 2.05) is 6.92 Å². The molecule has 0 bridgehead atoms. The van der Waals surface area contributed by atoms with Gasteiger partial charge in [0.25, 0.3) is 0 Å². The number of carbonyl (C=O) groups excluding carboxylic acids is 2. The molecule has 160 valence electrons. The number of ketones is 2. The average Bonchev–Trinajstić information content (AvgIpc) is 3.03. The highest BCUT2D eigenvalue weighted by atomic mass is 16.5. The number of piperazine rings is 1. The van der Waals surface area contributed by atoms with Crippen LogP contribution in [0.1, 0.15) is 66.8 Å². The second kappa shape index (κ2) is 7.03. The molecule has 0 saturated carbocycles. The minimum absolute atomic E-state index is 0.0417. The number of fused-ring (bicyclic) bond motifs is 5. The maximum absolute atomic E-state index is 13.3. The third kappa shape index (κ3) is 2.97. The molecule has 0 N–H and O–H groups in total. The summed E-state index contributed by atoms with van der Waals surface area (Å²) in [5, 5.41) is 0. The summed E-state index contributed by atoms with van der Waals surface area (Å²) < 4.78 is 6.45. The fourth-order valence-corrected chi connectivity index (χ4v) is 5.83. The van der Waals surface area contributed by atoms with Gasteiger partial charge in [0.1, 0.15) is 11.9 Å². The molecule has 5 heteroatoms. The Morgan fingerprint density at radius 2 is 1.87 bits per heavy atom. The fraction of sp³-hybridized carbons (Fsp3) is 0.600. The Morgan fingerprint density at radius 1 is 1.13 bits per heavy atom. The van der Waals surface area contributed by atoms with Gasteiger partial charge < -0.3 is 9.64 Å². The lowest BCUT2D eigenvalue weighted by molar-refractivity contribution is -0.120. The van der Waals surface area contributed by atoms with Gasteiger partial charge in [0, 0.05) is 37.3 Å². The molecule has 4 aliphatic rings. The average molecular weight is 409 g/mol. The monoisotopic (exact) mass is 408 g/mol. The van der Waals surface area contributed by atoms with Gasteiger partial charge in [0.05, 0.1) is 12.5 Å². The van der Waals surface area contributed by atoms with Crippen molar-refractivity contribution in [3.63, 3.8) is 0 Å². The number of carbonyl (C=O) groups is 2. The Morgan fingerprint density at radius 3 is 2.60 bits per heavy atom. The molecule has 5 rings (SSSR count). The van der Waals surface area contributed by atoms with Gasteiger partial charge in [-0.3, -0.25) is 14.5 Å². The summed E-state index contributed by atoms with van der Waals surface area (Å²) in [5.41, 5.74) is 4.89. The molecule has 0 amide bonds. The summed E-state index contributed by atoms with van der Waals surface area (Å²) in [6.45, 7) is 11.3. The molecular formula is C25H32N2O3. The topological polar surface area (TPSA) is 49.9 Å². The fourth-order valence-electron chi connectivity index (χ4n) is 5.83. The van der Waals surface area contributed by atoms with Crippen LogP contribution in [0.3, 0.4) is 0 Å². The van der Waals surface area contributed by atoms with E-state index in [1.54, 1.807) is 0 Å². The number of likely N-dealkylation sites (N-methyl/N-ethyl adjacent to an activating group) is 1. The standard InChI is InChI=1S/C25H32N2O3/c1-15-19(14-27-12-10-26(4)11-13-27)30-24-17-7-8-18-16(6-5-9-25(18,2)3)21(17)23(29)22(28)20(15)24/h7-8,20,24H,5-6,9-14H2,1-4H3. The van der Waals surface area contributed by atoms with Crippen molar-refractivity contribution in [2.75, 3.05) is 39.8 Å². The quantitative estimate of drug-likeness (QED) is 0.703. The molecule has 1 saturated heterocycles. The molecule has 2 aliphatic carbocycles. The van der Waals surface area contributed by atoms with Crippen molar-refractivity contribution >= 4 is 11.6 Å². The Balaban J connectivity index is 1.50. The first-order valence-electron chi connectivity index (χ1n) is 11.3. The maximum Gasteiger partial charge on any atom is 0.230 e. The number of rotatable bonds is 2. The summed E-state index contributed by atoms with van der Waals surface area (Å²) >= 11 is 0. The molecule has 2 atom stereocenters. The lowest BCUT2D eigenvalue weighted by Crippen LogP contribution is -2.45. The maximum atomic E-state index is 13.3. The second-order valence-corrected chi connectivity index (χ2v) is 10.2. The summed E-state index contributed by atoms with van der Waals surface area (Å²) in [4.78, 5) is 31.2. The zero-order chi connectivity index (χ0) is 21.2. The van der Waals surface area contributed by atoms with Gasteiger partial charge in [-0.2, -0.15) is 0 Å². The third-order valence-corrected chi connectivity index (χ3v) is 7.78. The lowest BCUT2D eigenvalue weighted by atomic mass is 9.67. The van der Waals surface area contributed by atoms with Crippen molar-refractivity contribution in [1.29, 1.82) is 0 Å². The number of benzene rings is 1. The van der Waals surface area contributed by atoms with Crippen LogP contribution in [0.15, 0.2) is 23.5 Å². The summed E-state index contributed by atoms with van der Waals surface area (Å²) in [6.07, 6.45) is 2.69. The van der Waals surface area contributed by atoms with Crippen molar-refractivity contribution in [3.8, 4) is 0 Å². The minimum Gasteiger partial charge on any atom is -0.488 e. The van der Waals surface area contributed by atoms with Crippen LogP contribution in [-0.4, -0.2) is 61.1 Å². The van der Waals surface area contributed by atoms with E-state index < -0.39 is 5.92 Å².